The van der Waals surface area contributed by atoms with Crippen molar-refractivity contribution in [3.63, 3.8) is 0 Å². The number of pyridine rings is 1. The van der Waals surface area contributed by atoms with Gasteiger partial charge in [-0.05, 0) is 67.0 Å². The van der Waals surface area contributed by atoms with Crippen LogP contribution in [0.2, 0.25) is 0 Å². The fourth-order valence-corrected chi connectivity index (χ4v) is 3.87. The van der Waals surface area contributed by atoms with E-state index in [0.29, 0.717) is 12.0 Å². The van der Waals surface area contributed by atoms with Crippen molar-refractivity contribution < 1.29 is 4.79 Å². The van der Waals surface area contributed by atoms with Gasteiger partial charge in [-0.15, -0.1) is 0 Å². The summed E-state index contributed by atoms with van der Waals surface area (Å²) >= 11 is 0. The number of H-pyrrole nitrogens is 1. The van der Waals surface area contributed by atoms with Gasteiger partial charge < -0.3 is 15.2 Å². The van der Waals surface area contributed by atoms with E-state index in [0.717, 1.165) is 35.6 Å². The standard InChI is InChI=1S/C24H27N3O2/c1-17-12-14-27(15-13-17)21-9-7-20(8-10-21)25-23(28)11-6-19-16-18-4-2-3-5-22(18)26-24(19)29/h2-5,7-10,16-17H,6,11-15H2,1H3,(H,25,28)(H,26,29). The number of aromatic nitrogens is 1. The Morgan fingerprint density at radius 3 is 2.59 bits per heavy atom. The summed E-state index contributed by atoms with van der Waals surface area (Å²) in [5, 5.41) is 3.91. The Hall–Kier alpha value is -3.08. The van der Waals surface area contributed by atoms with Crippen molar-refractivity contribution >= 4 is 28.2 Å². The molecule has 0 aliphatic carbocycles. The summed E-state index contributed by atoms with van der Waals surface area (Å²) in [7, 11) is 0. The number of aryl methyl sites for hydroxylation is 1. The molecular formula is C24H27N3O2. The van der Waals surface area contributed by atoms with Crippen LogP contribution in [-0.2, 0) is 11.2 Å². The molecule has 0 saturated carbocycles. The van der Waals surface area contributed by atoms with Crippen molar-refractivity contribution in [2.24, 2.45) is 5.92 Å². The van der Waals surface area contributed by atoms with Gasteiger partial charge in [-0.1, -0.05) is 25.1 Å². The lowest BCUT2D eigenvalue weighted by molar-refractivity contribution is -0.116. The van der Waals surface area contributed by atoms with Crippen molar-refractivity contribution in [2.45, 2.75) is 32.6 Å². The van der Waals surface area contributed by atoms with Crippen LogP contribution in [0.25, 0.3) is 10.9 Å². The number of aromatic amines is 1. The summed E-state index contributed by atoms with van der Waals surface area (Å²) in [6.45, 7) is 4.49. The molecule has 2 N–H and O–H groups in total. The van der Waals surface area contributed by atoms with Gasteiger partial charge in [0.15, 0.2) is 0 Å². The minimum Gasteiger partial charge on any atom is -0.372 e. The first-order chi connectivity index (χ1) is 14.1. The quantitative estimate of drug-likeness (QED) is 0.682. The lowest BCUT2D eigenvalue weighted by atomic mass is 9.99. The van der Waals surface area contributed by atoms with E-state index in [-0.39, 0.29) is 17.9 Å². The molecule has 5 heteroatoms. The third kappa shape index (κ3) is 4.67. The van der Waals surface area contributed by atoms with Crippen molar-refractivity contribution in [3.8, 4) is 0 Å². The average molecular weight is 389 g/mol. The molecule has 2 heterocycles. The van der Waals surface area contributed by atoms with Gasteiger partial charge in [-0.2, -0.15) is 0 Å². The molecule has 0 atom stereocenters. The van der Waals surface area contributed by atoms with Gasteiger partial charge in [0.05, 0.1) is 0 Å². The van der Waals surface area contributed by atoms with Crippen molar-refractivity contribution in [3.05, 3.63) is 70.5 Å². The van der Waals surface area contributed by atoms with Gasteiger partial charge in [0, 0.05) is 42.0 Å². The van der Waals surface area contributed by atoms with Crippen molar-refractivity contribution in [2.75, 3.05) is 23.3 Å². The predicted molar refractivity (Wildman–Crippen MR) is 119 cm³/mol. The molecule has 1 aliphatic rings. The van der Waals surface area contributed by atoms with Crippen LogP contribution >= 0.6 is 0 Å². The Labute approximate surface area is 170 Å². The largest absolute Gasteiger partial charge is 0.372 e. The van der Waals surface area contributed by atoms with E-state index in [2.05, 4.69) is 34.3 Å². The van der Waals surface area contributed by atoms with Crippen molar-refractivity contribution in [1.82, 2.24) is 4.98 Å². The van der Waals surface area contributed by atoms with Crippen LogP contribution in [0.1, 0.15) is 31.7 Å². The number of rotatable bonds is 5. The lowest BCUT2D eigenvalue weighted by Crippen LogP contribution is -2.32. The first-order valence-electron chi connectivity index (χ1n) is 10.3. The van der Waals surface area contributed by atoms with E-state index in [1.54, 1.807) is 0 Å². The summed E-state index contributed by atoms with van der Waals surface area (Å²) in [5.41, 5.74) is 3.31. The molecule has 3 aromatic rings. The van der Waals surface area contributed by atoms with Gasteiger partial charge in [0.25, 0.3) is 5.56 Å². The van der Waals surface area contributed by atoms with Crippen LogP contribution in [0.3, 0.4) is 0 Å². The van der Waals surface area contributed by atoms with Crippen LogP contribution in [0.4, 0.5) is 11.4 Å². The molecule has 29 heavy (non-hydrogen) atoms. The Morgan fingerprint density at radius 1 is 1.10 bits per heavy atom. The van der Waals surface area contributed by atoms with Crippen LogP contribution in [0.15, 0.2) is 59.4 Å². The number of anilines is 2. The van der Waals surface area contributed by atoms with Gasteiger partial charge in [0.2, 0.25) is 5.91 Å². The Balaban J connectivity index is 1.34. The fourth-order valence-electron chi connectivity index (χ4n) is 3.87. The zero-order chi connectivity index (χ0) is 20.2. The highest BCUT2D eigenvalue weighted by atomic mass is 16.1. The summed E-state index contributed by atoms with van der Waals surface area (Å²) in [4.78, 5) is 29.9. The highest BCUT2D eigenvalue weighted by molar-refractivity contribution is 5.91. The molecule has 0 radical (unpaired) electrons. The third-order valence-electron chi connectivity index (χ3n) is 5.75. The smallest absolute Gasteiger partial charge is 0.251 e. The fraction of sp³-hybridized carbons (Fsp3) is 0.333. The first-order valence-corrected chi connectivity index (χ1v) is 10.3. The zero-order valence-corrected chi connectivity index (χ0v) is 16.8. The monoisotopic (exact) mass is 389 g/mol. The maximum atomic E-state index is 12.3. The molecule has 1 saturated heterocycles. The van der Waals surface area contributed by atoms with Crippen LogP contribution in [0, 0.1) is 5.92 Å². The normalized spacial score (nSPS) is 14.9. The average Bonchev–Trinajstić information content (AvgIpc) is 2.73. The summed E-state index contributed by atoms with van der Waals surface area (Å²) in [5.74, 6) is 0.719. The van der Waals surface area contributed by atoms with Gasteiger partial charge >= 0.3 is 0 Å². The van der Waals surface area contributed by atoms with Crippen LogP contribution < -0.4 is 15.8 Å². The van der Waals surface area contributed by atoms with E-state index in [9.17, 15) is 9.59 Å². The molecule has 4 rings (SSSR count). The number of hydrogen-bond donors (Lipinski definition) is 2. The van der Waals surface area contributed by atoms with E-state index in [1.165, 1.54) is 18.5 Å². The second-order valence-electron chi connectivity index (χ2n) is 7.98. The number of nitrogens with zero attached hydrogens (tertiary/aromatic N) is 1. The number of carbonyl (C=O) groups is 1. The predicted octanol–water partition coefficient (Wildman–Crippen LogP) is 4.34. The molecule has 0 spiro atoms. The number of benzene rings is 2. The van der Waals surface area contributed by atoms with Gasteiger partial charge in [0.1, 0.15) is 0 Å². The lowest BCUT2D eigenvalue weighted by Gasteiger charge is -2.32. The summed E-state index contributed by atoms with van der Waals surface area (Å²) in [6.07, 6.45) is 3.14. The van der Waals surface area contributed by atoms with Crippen LogP contribution in [-0.4, -0.2) is 24.0 Å². The summed E-state index contributed by atoms with van der Waals surface area (Å²) < 4.78 is 0. The number of amides is 1. The number of piperidine rings is 1. The second kappa shape index (κ2) is 8.52. The minimum atomic E-state index is -0.128. The molecule has 5 nitrogen and oxygen atoms in total. The van der Waals surface area contributed by atoms with E-state index >= 15 is 0 Å². The molecular weight excluding hydrogens is 362 g/mol. The minimum absolute atomic E-state index is 0.0860. The number of fused-ring (bicyclic) bond motifs is 1. The Morgan fingerprint density at radius 2 is 1.83 bits per heavy atom. The highest BCUT2D eigenvalue weighted by Crippen LogP contribution is 2.24. The molecule has 1 aromatic heterocycles. The molecule has 1 amide bonds. The molecule has 0 unspecified atom stereocenters. The molecule has 1 aliphatic heterocycles. The second-order valence-corrected chi connectivity index (χ2v) is 7.98. The van der Waals surface area contributed by atoms with E-state index in [1.807, 2.05) is 42.5 Å². The molecule has 150 valence electrons. The number of para-hydroxylation sites is 1. The number of carbonyl (C=O) groups excluding carboxylic acids is 1. The molecule has 0 bridgehead atoms. The maximum Gasteiger partial charge on any atom is 0.251 e. The summed E-state index contributed by atoms with van der Waals surface area (Å²) in [6, 6.07) is 17.6. The zero-order valence-electron chi connectivity index (χ0n) is 16.8. The highest BCUT2D eigenvalue weighted by Gasteiger charge is 2.16. The first kappa shape index (κ1) is 19.2. The van der Waals surface area contributed by atoms with Gasteiger partial charge in [-0.25, -0.2) is 0 Å². The third-order valence-corrected chi connectivity index (χ3v) is 5.75. The molecule has 1 fully saturated rings. The molecule has 2 aromatic carbocycles. The SMILES string of the molecule is CC1CCN(c2ccc(NC(=O)CCc3cc4ccccc4[nH]c3=O)cc2)CC1. The van der Waals surface area contributed by atoms with E-state index < -0.39 is 0 Å². The maximum absolute atomic E-state index is 12.3. The number of hydrogen-bond acceptors (Lipinski definition) is 3. The van der Waals surface area contributed by atoms with Crippen LogP contribution in [0.5, 0.6) is 0 Å². The van der Waals surface area contributed by atoms with Gasteiger partial charge in [-0.3, -0.25) is 9.59 Å². The number of nitrogens with one attached hydrogen (secondary N) is 2. The van der Waals surface area contributed by atoms with Crippen molar-refractivity contribution in [1.29, 1.82) is 0 Å². The Bertz CT molecular complexity index is 1050. The van der Waals surface area contributed by atoms with E-state index in [4.69, 9.17) is 0 Å². The topological polar surface area (TPSA) is 65.2 Å². The Kier molecular flexibility index (Phi) is 5.65.